The Morgan fingerprint density at radius 3 is 2.26 bits per heavy atom. The Hall–Kier alpha value is -3.08. The third-order valence-electron chi connectivity index (χ3n) is 8.30. The largest absolute Gasteiger partial charge is 0.339 e. The Bertz CT molecular complexity index is 1450. The van der Waals surface area contributed by atoms with Gasteiger partial charge in [-0.2, -0.15) is 0 Å². The second-order valence-electron chi connectivity index (χ2n) is 11.2. The predicted octanol–water partition coefficient (Wildman–Crippen LogP) is 5.16. The number of hydrogen-bond donors (Lipinski definition) is 1. The van der Waals surface area contributed by atoms with Crippen LogP contribution >= 0.6 is 22.9 Å². The number of unbranched alkanes of at least 4 members (excludes halogenated alkanes) is 4. The lowest BCUT2D eigenvalue weighted by Crippen LogP contribution is -2.50. The number of aryl methyl sites for hydroxylation is 2. The summed E-state index contributed by atoms with van der Waals surface area (Å²) in [5.41, 5.74) is 9.54. The van der Waals surface area contributed by atoms with E-state index >= 15 is 0 Å². The van der Waals surface area contributed by atoms with Crippen LogP contribution in [-0.4, -0.2) is 74.8 Å². The van der Waals surface area contributed by atoms with E-state index in [9.17, 15) is 9.59 Å². The van der Waals surface area contributed by atoms with Crippen molar-refractivity contribution < 1.29 is 9.59 Å². The molecule has 1 atom stereocenters. The summed E-state index contributed by atoms with van der Waals surface area (Å²) in [7, 11) is 0. The van der Waals surface area contributed by atoms with Crippen LogP contribution in [0, 0.1) is 20.8 Å². The lowest BCUT2D eigenvalue weighted by molar-refractivity contribution is -0.139. The van der Waals surface area contributed by atoms with E-state index in [-0.39, 0.29) is 18.2 Å². The molecule has 0 radical (unpaired) electrons. The van der Waals surface area contributed by atoms with Crippen LogP contribution in [-0.2, 0) is 9.59 Å². The number of nitrogens with two attached hydrogens (primary N) is 1. The molecule has 224 valence electrons. The quantitative estimate of drug-likeness (QED) is 0.319. The van der Waals surface area contributed by atoms with Crippen LogP contribution in [0.5, 0.6) is 0 Å². The fourth-order valence-electron chi connectivity index (χ4n) is 5.74. The van der Waals surface area contributed by atoms with E-state index in [1.54, 1.807) is 11.3 Å². The molecule has 0 saturated carbocycles. The van der Waals surface area contributed by atoms with E-state index in [0.717, 1.165) is 71.9 Å². The van der Waals surface area contributed by atoms with Crippen molar-refractivity contribution in [3.63, 3.8) is 0 Å². The molecule has 0 spiro atoms. The van der Waals surface area contributed by atoms with Crippen LogP contribution in [0.4, 0.5) is 0 Å². The summed E-state index contributed by atoms with van der Waals surface area (Å²) in [5, 5.41) is 10.6. The molecule has 11 heteroatoms. The first-order valence-corrected chi connectivity index (χ1v) is 16.1. The number of amides is 2. The minimum Gasteiger partial charge on any atom is -0.339 e. The Morgan fingerprint density at radius 1 is 0.929 bits per heavy atom. The smallest absolute Gasteiger partial charge is 0.225 e. The lowest BCUT2D eigenvalue weighted by atomic mass is 9.99. The molecular weight excluding hydrogens is 570 g/mol. The van der Waals surface area contributed by atoms with Crippen LogP contribution < -0.4 is 5.73 Å². The highest BCUT2D eigenvalue weighted by molar-refractivity contribution is 7.15. The van der Waals surface area contributed by atoms with Crippen LogP contribution in [0.15, 0.2) is 29.3 Å². The number of piperazine rings is 1. The maximum atomic E-state index is 13.7. The molecule has 3 aromatic rings. The third-order valence-corrected chi connectivity index (χ3v) is 9.75. The number of aromatic nitrogens is 3. The molecule has 0 bridgehead atoms. The first-order valence-electron chi connectivity index (χ1n) is 14.9. The topological polar surface area (TPSA) is 110 Å². The number of fused-ring (bicyclic) bond motifs is 3. The number of aliphatic imine (C=N–C) groups is 1. The summed E-state index contributed by atoms with van der Waals surface area (Å²) in [6, 6.07) is 7.19. The van der Waals surface area contributed by atoms with Crippen LogP contribution in [0.25, 0.3) is 5.00 Å². The Labute approximate surface area is 256 Å². The average molecular weight is 610 g/mol. The van der Waals surface area contributed by atoms with Gasteiger partial charge < -0.3 is 15.5 Å². The predicted molar refractivity (Wildman–Crippen MR) is 168 cm³/mol. The maximum absolute atomic E-state index is 13.7. The minimum atomic E-state index is -0.498. The summed E-state index contributed by atoms with van der Waals surface area (Å²) < 4.78 is 2.07. The third kappa shape index (κ3) is 6.45. The Balaban J connectivity index is 1.31. The molecule has 5 rings (SSSR count). The summed E-state index contributed by atoms with van der Waals surface area (Å²) in [6.45, 7) is 9.07. The van der Waals surface area contributed by atoms with Gasteiger partial charge in [-0.25, -0.2) is 0 Å². The van der Waals surface area contributed by atoms with Gasteiger partial charge in [-0.1, -0.05) is 43.0 Å². The maximum Gasteiger partial charge on any atom is 0.225 e. The van der Waals surface area contributed by atoms with Crippen molar-refractivity contribution in [1.29, 1.82) is 0 Å². The van der Waals surface area contributed by atoms with E-state index < -0.39 is 6.04 Å². The molecule has 2 N–H and O–H groups in total. The van der Waals surface area contributed by atoms with Gasteiger partial charge in [-0.15, -0.1) is 21.5 Å². The molecule has 1 saturated heterocycles. The van der Waals surface area contributed by atoms with Gasteiger partial charge in [0.05, 0.1) is 12.1 Å². The van der Waals surface area contributed by atoms with Crippen molar-refractivity contribution in [3.05, 3.63) is 62.5 Å². The van der Waals surface area contributed by atoms with Crippen molar-refractivity contribution in [2.75, 3.05) is 32.7 Å². The van der Waals surface area contributed by atoms with Gasteiger partial charge in [0, 0.05) is 53.6 Å². The van der Waals surface area contributed by atoms with E-state index in [0.29, 0.717) is 43.4 Å². The summed E-state index contributed by atoms with van der Waals surface area (Å²) in [5.74, 6) is 1.63. The van der Waals surface area contributed by atoms with Gasteiger partial charge in [0.15, 0.2) is 5.82 Å². The molecule has 2 aliphatic heterocycles. The molecule has 9 nitrogen and oxygen atoms in total. The number of carbonyl (C=O) groups is 2. The standard InChI is InChI=1S/C31H40ClN7O2S/c1-20-21(2)42-31-28(20)29(23-10-12-24(32)13-11-23)34-25(30-36-35-22(3)39(30)31)19-27(41)38-17-15-37(16-18-38)26(40)9-7-5-4-6-8-14-33/h10-13,25H,4-9,14-19,33H2,1-3H3/t25-/m0/s1. The molecule has 42 heavy (non-hydrogen) atoms. The van der Waals surface area contributed by atoms with Crippen LogP contribution in [0.3, 0.4) is 0 Å². The van der Waals surface area contributed by atoms with E-state index in [4.69, 9.17) is 22.3 Å². The highest BCUT2D eigenvalue weighted by atomic mass is 35.5. The van der Waals surface area contributed by atoms with Gasteiger partial charge in [-0.05, 0) is 57.9 Å². The first kappa shape index (κ1) is 30.4. The van der Waals surface area contributed by atoms with Gasteiger partial charge >= 0.3 is 0 Å². The molecule has 0 aliphatic carbocycles. The summed E-state index contributed by atoms with van der Waals surface area (Å²) in [4.78, 5) is 36.6. The van der Waals surface area contributed by atoms with E-state index in [1.165, 1.54) is 4.88 Å². The second kappa shape index (κ2) is 13.5. The molecular formula is C31H40ClN7O2S. The molecule has 1 fully saturated rings. The molecule has 4 heterocycles. The summed E-state index contributed by atoms with van der Waals surface area (Å²) in [6.07, 6.45) is 6.00. The molecule has 2 aromatic heterocycles. The molecule has 1 aromatic carbocycles. The lowest BCUT2D eigenvalue weighted by Gasteiger charge is -2.35. The van der Waals surface area contributed by atoms with Gasteiger partial charge in [-0.3, -0.25) is 19.1 Å². The van der Waals surface area contributed by atoms with E-state index in [1.807, 2.05) is 41.0 Å². The Morgan fingerprint density at radius 2 is 1.57 bits per heavy atom. The Kier molecular flexibility index (Phi) is 9.75. The highest BCUT2D eigenvalue weighted by Crippen LogP contribution is 2.39. The van der Waals surface area contributed by atoms with Crippen molar-refractivity contribution in [3.8, 4) is 5.00 Å². The number of nitrogens with zero attached hydrogens (tertiary/aromatic N) is 6. The molecule has 2 aliphatic rings. The van der Waals surface area contributed by atoms with Crippen molar-refractivity contribution in [2.45, 2.75) is 71.8 Å². The zero-order valence-corrected chi connectivity index (χ0v) is 26.3. The molecule has 0 unspecified atom stereocenters. The number of benzene rings is 1. The summed E-state index contributed by atoms with van der Waals surface area (Å²) >= 11 is 7.91. The van der Waals surface area contributed by atoms with Gasteiger partial charge in [0.1, 0.15) is 16.9 Å². The fraction of sp³-hybridized carbons (Fsp3) is 0.516. The molecule has 2 amide bonds. The van der Waals surface area contributed by atoms with Crippen molar-refractivity contribution in [2.24, 2.45) is 10.7 Å². The van der Waals surface area contributed by atoms with Gasteiger partial charge in [0.2, 0.25) is 11.8 Å². The number of thiophene rings is 1. The average Bonchev–Trinajstić information content (AvgIpc) is 3.47. The number of halogens is 1. The van der Waals surface area contributed by atoms with E-state index in [2.05, 4.69) is 28.6 Å². The zero-order chi connectivity index (χ0) is 29.8. The number of hydrogen-bond acceptors (Lipinski definition) is 7. The number of rotatable bonds is 10. The monoisotopic (exact) mass is 609 g/mol. The van der Waals surface area contributed by atoms with Gasteiger partial charge in [0.25, 0.3) is 0 Å². The van der Waals surface area contributed by atoms with Crippen molar-refractivity contribution in [1.82, 2.24) is 24.6 Å². The van der Waals surface area contributed by atoms with Crippen LogP contribution in [0.1, 0.15) is 84.2 Å². The highest BCUT2D eigenvalue weighted by Gasteiger charge is 2.34. The number of carbonyl (C=O) groups excluding carboxylic acids is 2. The van der Waals surface area contributed by atoms with Crippen molar-refractivity contribution >= 4 is 40.5 Å². The van der Waals surface area contributed by atoms with Crippen LogP contribution in [0.2, 0.25) is 5.02 Å². The second-order valence-corrected chi connectivity index (χ2v) is 12.8. The minimum absolute atomic E-state index is 0.0107. The normalized spacial score (nSPS) is 16.6. The fourth-order valence-corrected chi connectivity index (χ4v) is 7.08. The first-order chi connectivity index (χ1) is 20.3. The SMILES string of the molecule is Cc1sc2c(c1C)C(c1ccc(Cl)cc1)=N[C@@H](CC(=O)N1CCN(C(=O)CCCCCCCN)CC1)c1nnc(C)n1-2. The zero-order valence-electron chi connectivity index (χ0n) is 24.7.